The van der Waals surface area contributed by atoms with Crippen LogP contribution < -0.4 is 0 Å². The van der Waals surface area contributed by atoms with Crippen LogP contribution in [-0.4, -0.2) is 52.9 Å². The van der Waals surface area contributed by atoms with Gasteiger partial charge in [0.05, 0.1) is 0 Å². The van der Waals surface area contributed by atoms with Crippen molar-refractivity contribution in [1.82, 2.24) is 15.0 Å². The second kappa shape index (κ2) is 7.94. The van der Waals surface area contributed by atoms with Gasteiger partial charge in [-0.15, -0.1) is 0 Å². The molecule has 0 radical (unpaired) electrons. The maximum atomic E-state index is 12.7. The summed E-state index contributed by atoms with van der Waals surface area (Å²) < 4.78 is 5.34. The lowest BCUT2D eigenvalue weighted by Crippen LogP contribution is -2.45. The van der Waals surface area contributed by atoms with Crippen molar-refractivity contribution in [3.63, 3.8) is 0 Å². The van der Waals surface area contributed by atoms with Crippen LogP contribution in [0, 0.1) is 5.92 Å². The molecule has 6 nitrogen and oxygen atoms in total. The van der Waals surface area contributed by atoms with Crippen LogP contribution in [-0.2, 0) is 4.79 Å². The highest BCUT2D eigenvalue weighted by Crippen LogP contribution is 2.24. The van der Waals surface area contributed by atoms with Gasteiger partial charge < -0.3 is 14.3 Å². The number of benzene rings is 1. The van der Waals surface area contributed by atoms with Gasteiger partial charge in [0.2, 0.25) is 5.91 Å². The van der Waals surface area contributed by atoms with Gasteiger partial charge in [-0.2, -0.15) is 0 Å². The molecule has 2 saturated heterocycles. The number of hydrogen-bond acceptors (Lipinski definition) is 4. The molecular formula is C21H25N3O3. The van der Waals surface area contributed by atoms with E-state index in [1.54, 1.807) is 11.0 Å². The van der Waals surface area contributed by atoms with E-state index in [4.69, 9.17) is 4.52 Å². The lowest BCUT2D eigenvalue weighted by atomic mass is 9.94. The lowest BCUT2D eigenvalue weighted by molar-refractivity contribution is -0.137. The minimum absolute atomic E-state index is 0.0457. The zero-order valence-corrected chi connectivity index (χ0v) is 15.5. The number of piperidine rings is 2. The molecule has 2 amide bonds. The second-order valence-corrected chi connectivity index (χ2v) is 7.39. The number of likely N-dealkylation sites (tertiary alicyclic amines) is 2. The largest absolute Gasteiger partial charge is 0.355 e. The van der Waals surface area contributed by atoms with Crippen molar-refractivity contribution in [1.29, 1.82) is 0 Å². The molecule has 2 fully saturated rings. The summed E-state index contributed by atoms with van der Waals surface area (Å²) in [4.78, 5) is 29.2. The summed E-state index contributed by atoms with van der Waals surface area (Å²) in [6.07, 6.45) is 4.90. The summed E-state index contributed by atoms with van der Waals surface area (Å²) in [6, 6.07) is 11.3. The van der Waals surface area contributed by atoms with Gasteiger partial charge in [-0.3, -0.25) is 9.59 Å². The smallest absolute Gasteiger partial charge is 0.276 e. The zero-order valence-electron chi connectivity index (χ0n) is 15.5. The molecule has 3 heterocycles. The summed E-state index contributed by atoms with van der Waals surface area (Å²) in [7, 11) is 0. The molecule has 2 aliphatic heterocycles. The van der Waals surface area contributed by atoms with Gasteiger partial charge in [0.25, 0.3) is 5.91 Å². The van der Waals surface area contributed by atoms with Gasteiger partial charge in [-0.05, 0) is 32.1 Å². The molecule has 0 saturated carbocycles. The molecule has 1 aromatic heterocycles. The van der Waals surface area contributed by atoms with E-state index < -0.39 is 0 Å². The number of carbonyl (C=O) groups excluding carboxylic acids is 2. The molecule has 27 heavy (non-hydrogen) atoms. The van der Waals surface area contributed by atoms with Gasteiger partial charge >= 0.3 is 0 Å². The first-order chi connectivity index (χ1) is 13.2. The van der Waals surface area contributed by atoms with Crippen molar-refractivity contribution in [2.45, 2.75) is 32.1 Å². The van der Waals surface area contributed by atoms with E-state index in [1.165, 1.54) is 6.42 Å². The van der Waals surface area contributed by atoms with Crippen LogP contribution in [0.3, 0.4) is 0 Å². The second-order valence-electron chi connectivity index (χ2n) is 7.39. The third-order valence-electron chi connectivity index (χ3n) is 5.59. The van der Waals surface area contributed by atoms with Gasteiger partial charge in [-0.25, -0.2) is 0 Å². The van der Waals surface area contributed by atoms with E-state index in [2.05, 4.69) is 5.16 Å². The Hall–Kier alpha value is -2.63. The standard InChI is InChI=1S/C21H25N3O3/c25-20(23-11-5-2-6-12-23)17-9-13-24(14-10-17)21(26)18-15-19(27-22-18)16-7-3-1-4-8-16/h1,3-4,7-8,15,17H,2,5-6,9-14H2. The average molecular weight is 367 g/mol. The number of amides is 2. The van der Waals surface area contributed by atoms with E-state index in [1.807, 2.05) is 35.2 Å². The van der Waals surface area contributed by atoms with Crippen molar-refractivity contribution in [3.8, 4) is 11.3 Å². The lowest BCUT2D eigenvalue weighted by Gasteiger charge is -2.35. The SMILES string of the molecule is O=C(c1cc(-c2ccccc2)on1)N1CCC(C(=O)N2CCCCC2)CC1. The summed E-state index contributed by atoms with van der Waals surface area (Å²) in [6.45, 7) is 2.96. The predicted octanol–water partition coefficient (Wildman–Crippen LogP) is 3.21. The highest BCUT2D eigenvalue weighted by Gasteiger charge is 2.31. The summed E-state index contributed by atoms with van der Waals surface area (Å²) in [5.74, 6) is 0.790. The van der Waals surface area contributed by atoms with Crippen LogP contribution in [0.15, 0.2) is 40.9 Å². The molecule has 0 atom stereocenters. The molecule has 0 N–H and O–H groups in total. The Balaban J connectivity index is 1.35. The third-order valence-corrected chi connectivity index (χ3v) is 5.59. The van der Waals surface area contributed by atoms with Crippen molar-refractivity contribution in [3.05, 3.63) is 42.1 Å². The van der Waals surface area contributed by atoms with Gasteiger partial charge in [0.15, 0.2) is 11.5 Å². The highest BCUT2D eigenvalue weighted by atomic mass is 16.5. The average Bonchev–Trinajstić information content (AvgIpc) is 3.24. The zero-order chi connectivity index (χ0) is 18.6. The first-order valence-electron chi connectivity index (χ1n) is 9.82. The van der Waals surface area contributed by atoms with Gasteiger partial charge in [-0.1, -0.05) is 35.5 Å². The van der Waals surface area contributed by atoms with E-state index in [9.17, 15) is 9.59 Å². The molecule has 0 unspecified atom stereocenters. The first-order valence-corrected chi connectivity index (χ1v) is 9.82. The molecular weight excluding hydrogens is 342 g/mol. The fourth-order valence-electron chi connectivity index (χ4n) is 3.98. The Kier molecular flexibility index (Phi) is 5.23. The third kappa shape index (κ3) is 3.89. The monoisotopic (exact) mass is 367 g/mol. The Morgan fingerprint density at radius 3 is 2.33 bits per heavy atom. The van der Waals surface area contributed by atoms with E-state index in [-0.39, 0.29) is 17.7 Å². The van der Waals surface area contributed by atoms with Crippen LogP contribution in [0.1, 0.15) is 42.6 Å². The van der Waals surface area contributed by atoms with Gasteiger partial charge in [0.1, 0.15) is 0 Å². The van der Waals surface area contributed by atoms with Crippen molar-refractivity contribution < 1.29 is 14.1 Å². The highest BCUT2D eigenvalue weighted by molar-refractivity contribution is 5.93. The van der Waals surface area contributed by atoms with Crippen LogP contribution in [0.4, 0.5) is 0 Å². The van der Waals surface area contributed by atoms with Crippen LogP contribution in [0.5, 0.6) is 0 Å². The number of hydrogen-bond donors (Lipinski definition) is 0. The Labute approximate surface area is 159 Å². The van der Waals surface area contributed by atoms with Crippen LogP contribution >= 0.6 is 0 Å². The topological polar surface area (TPSA) is 66.7 Å². The van der Waals surface area contributed by atoms with Crippen LogP contribution in [0.2, 0.25) is 0 Å². The number of nitrogens with zero attached hydrogens (tertiary/aromatic N) is 3. The summed E-state index contributed by atoms with van der Waals surface area (Å²) in [5.41, 5.74) is 1.23. The molecule has 2 aliphatic rings. The summed E-state index contributed by atoms with van der Waals surface area (Å²) in [5, 5.41) is 3.95. The molecule has 0 aliphatic carbocycles. The molecule has 142 valence electrons. The fraction of sp³-hybridized carbons (Fsp3) is 0.476. The van der Waals surface area contributed by atoms with E-state index in [0.717, 1.165) is 44.3 Å². The van der Waals surface area contributed by atoms with E-state index >= 15 is 0 Å². The van der Waals surface area contributed by atoms with Crippen molar-refractivity contribution in [2.24, 2.45) is 5.92 Å². The normalized spacial score (nSPS) is 18.5. The number of rotatable bonds is 3. The molecule has 0 bridgehead atoms. The number of carbonyl (C=O) groups is 2. The molecule has 0 spiro atoms. The summed E-state index contributed by atoms with van der Waals surface area (Å²) >= 11 is 0. The van der Waals surface area contributed by atoms with Crippen LogP contribution in [0.25, 0.3) is 11.3 Å². The number of aromatic nitrogens is 1. The molecule has 4 rings (SSSR count). The molecule has 1 aromatic carbocycles. The maximum absolute atomic E-state index is 12.7. The predicted molar refractivity (Wildman–Crippen MR) is 101 cm³/mol. The maximum Gasteiger partial charge on any atom is 0.276 e. The Bertz CT molecular complexity index is 788. The Morgan fingerprint density at radius 1 is 0.926 bits per heavy atom. The minimum atomic E-state index is -0.121. The minimum Gasteiger partial charge on any atom is -0.355 e. The van der Waals surface area contributed by atoms with E-state index in [0.29, 0.717) is 24.5 Å². The quantitative estimate of drug-likeness (QED) is 0.835. The van der Waals surface area contributed by atoms with Gasteiger partial charge in [0, 0.05) is 43.7 Å². The molecule has 2 aromatic rings. The Morgan fingerprint density at radius 2 is 1.63 bits per heavy atom. The first kappa shape index (κ1) is 17.8. The van der Waals surface area contributed by atoms with Crippen molar-refractivity contribution in [2.75, 3.05) is 26.2 Å². The fourth-order valence-corrected chi connectivity index (χ4v) is 3.98. The molecule has 6 heteroatoms. The van der Waals surface area contributed by atoms with Crippen molar-refractivity contribution >= 4 is 11.8 Å².